The highest BCUT2D eigenvalue weighted by atomic mass is 32.1. The van der Waals surface area contributed by atoms with Gasteiger partial charge in [0.1, 0.15) is 11.5 Å². The van der Waals surface area contributed by atoms with Crippen LogP contribution in [0.25, 0.3) is 11.3 Å². The summed E-state index contributed by atoms with van der Waals surface area (Å²) >= 11 is 1.35. The molecule has 3 rings (SSSR count). The molecule has 144 valence electrons. The van der Waals surface area contributed by atoms with Crippen molar-refractivity contribution in [1.82, 2.24) is 4.98 Å². The van der Waals surface area contributed by atoms with E-state index >= 15 is 0 Å². The topological polar surface area (TPSA) is 119 Å². The van der Waals surface area contributed by atoms with Gasteiger partial charge in [0, 0.05) is 28.6 Å². The Morgan fingerprint density at radius 1 is 1.25 bits per heavy atom. The third-order valence-electron chi connectivity index (χ3n) is 3.76. The molecule has 0 spiro atoms. The molecule has 2 aromatic carbocycles. The minimum atomic E-state index is -0.657. The zero-order valence-electron chi connectivity index (χ0n) is 14.9. The number of nitro groups is 1. The molecule has 0 saturated carbocycles. The highest BCUT2D eigenvalue weighted by molar-refractivity contribution is 7.14. The van der Waals surface area contributed by atoms with E-state index in [2.05, 4.69) is 15.5 Å². The Bertz CT molecular complexity index is 1030. The second kappa shape index (κ2) is 8.35. The smallest absolute Gasteiger partial charge is 0.311 e. The minimum absolute atomic E-state index is 0.382. The van der Waals surface area contributed by atoms with Gasteiger partial charge in [-0.2, -0.15) is 5.10 Å². The van der Waals surface area contributed by atoms with Crippen LogP contribution in [0, 0.1) is 10.1 Å². The van der Waals surface area contributed by atoms with E-state index in [1.807, 2.05) is 17.5 Å². The molecule has 1 heterocycles. The first-order valence-electron chi connectivity index (χ1n) is 7.96. The molecule has 28 heavy (non-hydrogen) atoms. The molecule has 0 fully saturated rings. The number of benzene rings is 2. The zero-order valence-corrected chi connectivity index (χ0v) is 15.8. The predicted molar refractivity (Wildman–Crippen MR) is 107 cm³/mol. The maximum absolute atomic E-state index is 10.9. The van der Waals surface area contributed by atoms with Crippen molar-refractivity contribution in [3.8, 4) is 28.5 Å². The average Bonchev–Trinajstić information content (AvgIpc) is 3.17. The number of thiazole rings is 1. The van der Waals surface area contributed by atoms with Crippen LogP contribution in [0.15, 0.2) is 46.9 Å². The number of hydrazone groups is 1. The Labute approximate surface area is 164 Å². The molecule has 0 saturated heterocycles. The third-order valence-corrected chi connectivity index (χ3v) is 4.51. The Hall–Kier alpha value is -3.66. The third kappa shape index (κ3) is 4.18. The summed E-state index contributed by atoms with van der Waals surface area (Å²) < 4.78 is 10.6. The molecule has 3 aromatic rings. The van der Waals surface area contributed by atoms with Gasteiger partial charge in [-0.15, -0.1) is 11.3 Å². The van der Waals surface area contributed by atoms with Gasteiger partial charge in [0.25, 0.3) is 0 Å². The van der Waals surface area contributed by atoms with Crippen LogP contribution in [0.2, 0.25) is 0 Å². The number of phenols is 1. The lowest BCUT2D eigenvalue weighted by Gasteiger charge is -2.08. The predicted octanol–water partition coefficient (Wildman–Crippen LogP) is 3.89. The Balaban J connectivity index is 1.74. The second-order valence-electron chi connectivity index (χ2n) is 5.48. The zero-order chi connectivity index (χ0) is 20.1. The first kappa shape index (κ1) is 19.1. The standard InChI is InChI=1S/C18H16N4O5S/c1-26-12-4-5-13(17(8-12)27-2)14-10-28-18(20-14)21-19-9-11-3-6-16(23)15(7-11)22(24)25/h3-10,23H,1-2H3,(H,20,21)/b19-9-. The van der Waals surface area contributed by atoms with Crippen molar-refractivity contribution in [3.05, 3.63) is 57.5 Å². The molecule has 0 radical (unpaired) electrons. The first-order chi connectivity index (χ1) is 13.5. The Morgan fingerprint density at radius 3 is 2.79 bits per heavy atom. The van der Waals surface area contributed by atoms with Crippen molar-refractivity contribution in [2.75, 3.05) is 19.6 Å². The number of anilines is 1. The summed E-state index contributed by atoms with van der Waals surface area (Å²) in [5, 5.41) is 26.8. The number of hydrogen-bond acceptors (Lipinski definition) is 9. The van der Waals surface area contributed by atoms with Crippen LogP contribution >= 0.6 is 11.3 Å². The number of ether oxygens (including phenoxy) is 2. The Morgan fingerprint density at radius 2 is 2.07 bits per heavy atom. The van der Waals surface area contributed by atoms with Crippen molar-refractivity contribution < 1.29 is 19.5 Å². The second-order valence-corrected chi connectivity index (χ2v) is 6.34. The van der Waals surface area contributed by atoms with Crippen LogP contribution in [0.4, 0.5) is 10.8 Å². The van der Waals surface area contributed by atoms with Crippen LogP contribution in [-0.2, 0) is 0 Å². The van der Waals surface area contributed by atoms with Crippen LogP contribution in [-0.4, -0.2) is 35.4 Å². The lowest BCUT2D eigenvalue weighted by atomic mass is 10.1. The van der Waals surface area contributed by atoms with Gasteiger partial charge in [-0.1, -0.05) is 0 Å². The summed E-state index contributed by atoms with van der Waals surface area (Å²) in [6, 6.07) is 9.45. The molecule has 0 bridgehead atoms. The van der Waals surface area contributed by atoms with Crippen LogP contribution < -0.4 is 14.9 Å². The van der Waals surface area contributed by atoms with E-state index in [9.17, 15) is 15.2 Å². The summed E-state index contributed by atoms with van der Waals surface area (Å²) in [7, 11) is 3.16. The van der Waals surface area contributed by atoms with E-state index in [-0.39, 0.29) is 5.69 Å². The molecule has 9 nitrogen and oxygen atoms in total. The van der Waals surface area contributed by atoms with E-state index in [1.54, 1.807) is 20.3 Å². The van der Waals surface area contributed by atoms with E-state index in [0.717, 1.165) is 5.56 Å². The van der Waals surface area contributed by atoms with Crippen LogP contribution in [0.5, 0.6) is 17.2 Å². The van der Waals surface area contributed by atoms with Gasteiger partial charge in [0.05, 0.1) is 31.1 Å². The molecule has 2 N–H and O–H groups in total. The quantitative estimate of drug-likeness (QED) is 0.351. The monoisotopic (exact) mass is 400 g/mol. The SMILES string of the molecule is COc1ccc(-c2csc(N/N=C\c3ccc(O)c([N+](=O)[O-])c3)n2)c(OC)c1. The van der Waals surface area contributed by atoms with Crippen LogP contribution in [0.1, 0.15) is 5.56 Å². The van der Waals surface area contributed by atoms with E-state index < -0.39 is 10.7 Å². The summed E-state index contributed by atoms with van der Waals surface area (Å²) in [5.74, 6) is 0.922. The minimum Gasteiger partial charge on any atom is -0.502 e. The first-order valence-corrected chi connectivity index (χ1v) is 8.84. The highest BCUT2D eigenvalue weighted by Crippen LogP contribution is 2.34. The molecule has 1 aromatic heterocycles. The van der Waals surface area contributed by atoms with Gasteiger partial charge >= 0.3 is 5.69 Å². The molecular formula is C18H16N4O5S. The van der Waals surface area contributed by atoms with Gasteiger partial charge in [-0.3, -0.25) is 15.5 Å². The summed E-state index contributed by atoms with van der Waals surface area (Å²) in [5.41, 5.74) is 4.39. The summed E-state index contributed by atoms with van der Waals surface area (Å²) in [6.45, 7) is 0. The lowest BCUT2D eigenvalue weighted by Crippen LogP contribution is -1.93. The van der Waals surface area contributed by atoms with Gasteiger partial charge in [-0.25, -0.2) is 4.98 Å². The van der Waals surface area contributed by atoms with Gasteiger partial charge in [0.2, 0.25) is 5.13 Å². The number of nitrogens with zero attached hydrogens (tertiary/aromatic N) is 3. The van der Waals surface area contributed by atoms with Crippen molar-refractivity contribution in [2.24, 2.45) is 5.10 Å². The molecule has 0 aliphatic rings. The number of phenolic OH excluding ortho intramolecular Hbond substituents is 1. The van der Waals surface area contributed by atoms with Gasteiger partial charge in [-0.05, 0) is 24.3 Å². The fourth-order valence-electron chi connectivity index (χ4n) is 2.39. The van der Waals surface area contributed by atoms with Gasteiger partial charge in [0.15, 0.2) is 5.75 Å². The molecule has 0 aliphatic heterocycles. The lowest BCUT2D eigenvalue weighted by molar-refractivity contribution is -0.385. The fraction of sp³-hybridized carbons (Fsp3) is 0.111. The number of aromatic hydroxyl groups is 1. The number of nitrogens with one attached hydrogen (secondary N) is 1. The molecule has 0 atom stereocenters. The van der Waals surface area contributed by atoms with Crippen LogP contribution in [0.3, 0.4) is 0 Å². The number of hydrogen-bond donors (Lipinski definition) is 2. The van der Waals surface area contributed by atoms with Crippen molar-refractivity contribution in [2.45, 2.75) is 0 Å². The van der Waals surface area contributed by atoms with Crippen molar-refractivity contribution in [3.63, 3.8) is 0 Å². The highest BCUT2D eigenvalue weighted by Gasteiger charge is 2.13. The van der Waals surface area contributed by atoms with Gasteiger partial charge < -0.3 is 14.6 Å². The number of methoxy groups -OCH3 is 2. The van der Waals surface area contributed by atoms with Crippen molar-refractivity contribution >= 4 is 28.4 Å². The van der Waals surface area contributed by atoms with Crippen molar-refractivity contribution in [1.29, 1.82) is 0 Å². The normalized spacial score (nSPS) is 10.8. The number of rotatable bonds is 7. The fourth-order valence-corrected chi connectivity index (χ4v) is 3.05. The average molecular weight is 400 g/mol. The molecule has 0 amide bonds. The summed E-state index contributed by atoms with van der Waals surface area (Å²) in [6.07, 6.45) is 1.40. The number of aromatic nitrogens is 1. The molecular weight excluding hydrogens is 384 g/mol. The maximum Gasteiger partial charge on any atom is 0.311 e. The Kier molecular flexibility index (Phi) is 5.70. The van der Waals surface area contributed by atoms with E-state index in [4.69, 9.17) is 9.47 Å². The number of nitro benzene ring substituents is 1. The maximum atomic E-state index is 10.9. The molecule has 10 heteroatoms. The largest absolute Gasteiger partial charge is 0.502 e. The molecule has 0 unspecified atom stereocenters. The van der Waals surface area contributed by atoms with E-state index in [1.165, 1.54) is 35.8 Å². The molecule has 0 aliphatic carbocycles. The van der Waals surface area contributed by atoms with E-state index in [0.29, 0.717) is 27.9 Å². The summed E-state index contributed by atoms with van der Waals surface area (Å²) in [4.78, 5) is 14.7.